The second kappa shape index (κ2) is 7.06. The van der Waals surface area contributed by atoms with Crippen molar-refractivity contribution in [3.8, 4) is 0 Å². The van der Waals surface area contributed by atoms with Gasteiger partial charge in [-0.15, -0.1) is 12.6 Å². The van der Waals surface area contributed by atoms with E-state index in [9.17, 15) is 15.0 Å². The summed E-state index contributed by atoms with van der Waals surface area (Å²) in [7, 11) is 0. The van der Waals surface area contributed by atoms with Crippen molar-refractivity contribution in [1.82, 2.24) is 0 Å². The number of rotatable bonds is 5. The highest BCUT2D eigenvalue weighted by molar-refractivity contribution is 8.13. The number of carbonyl (C=O) groups excluding carboxylic acids is 1. The SMILES string of the molecule is CC(=O)SCCC(O)C(O)c1ccc(S)cc1. The van der Waals surface area contributed by atoms with Crippen molar-refractivity contribution in [3.05, 3.63) is 29.8 Å². The molecule has 0 saturated heterocycles. The summed E-state index contributed by atoms with van der Waals surface area (Å²) < 4.78 is 0. The van der Waals surface area contributed by atoms with Gasteiger partial charge in [-0.2, -0.15) is 0 Å². The van der Waals surface area contributed by atoms with E-state index in [0.717, 1.165) is 16.7 Å². The molecule has 0 bridgehead atoms. The predicted octanol–water partition coefficient (Wildman–Crippen LogP) is 2.04. The van der Waals surface area contributed by atoms with Crippen molar-refractivity contribution < 1.29 is 15.0 Å². The quantitative estimate of drug-likeness (QED) is 0.718. The average Bonchev–Trinajstić information content (AvgIpc) is 2.28. The van der Waals surface area contributed by atoms with Gasteiger partial charge in [-0.05, 0) is 24.1 Å². The van der Waals surface area contributed by atoms with Gasteiger partial charge in [0, 0.05) is 17.6 Å². The molecule has 2 atom stereocenters. The van der Waals surface area contributed by atoms with Crippen LogP contribution in [0.1, 0.15) is 25.0 Å². The van der Waals surface area contributed by atoms with E-state index in [1.807, 2.05) is 0 Å². The molecular formula is C12H16O3S2. The normalized spacial score (nSPS) is 14.4. The summed E-state index contributed by atoms with van der Waals surface area (Å²) in [6.45, 7) is 1.49. The molecule has 0 aliphatic heterocycles. The van der Waals surface area contributed by atoms with Gasteiger partial charge in [0.2, 0.25) is 0 Å². The van der Waals surface area contributed by atoms with Crippen molar-refractivity contribution in [2.45, 2.75) is 30.4 Å². The summed E-state index contributed by atoms with van der Waals surface area (Å²) in [6, 6.07) is 6.99. The first-order valence-corrected chi connectivity index (χ1v) is 6.72. The molecule has 0 heterocycles. The first-order valence-electron chi connectivity index (χ1n) is 5.29. The van der Waals surface area contributed by atoms with Crippen LogP contribution < -0.4 is 0 Å². The average molecular weight is 272 g/mol. The molecule has 5 heteroatoms. The molecule has 0 spiro atoms. The Morgan fingerprint density at radius 3 is 2.47 bits per heavy atom. The van der Waals surface area contributed by atoms with Crippen molar-refractivity contribution in [2.24, 2.45) is 0 Å². The lowest BCUT2D eigenvalue weighted by molar-refractivity contribution is -0.109. The van der Waals surface area contributed by atoms with E-state index in [2.05, 4.69) is 12.6 Å². The van der Waals surface area contributed by atoms with Crippen LogP contribution in [0.25, 0.3) is 0 Å². The zero-order valence-electron chi connectivity index (χ0n) is 9.54. The summed E-state index contributed by atoms with van der Waals surface area (Å²) in [5.74, 6) is 0.512. The van der Waals surface area contributed by atoms with Gasteiger partial charge < -0.3 is 10.2 Å². The van der Waals surface area contributed by atoms with Gasteiger partial charge in [-0.25, -0.2) is 0 Å². The Kier molecular flexibility index (Phi) is 6.05. The Hall–Kier alpha value is -0.490. The Labute approximate surface area is 111 Å². The number of aliphatic hydroxyl groups is 2. The first-order chi connectivity index (χ1) is 8.00. The Bertz CT molecular complexity index is 365. The van der Waals surface area contributed by atoms with Gasteiger partial charge in [-0.1, -0.05) is 23.9 Å². The van der Waals surface area contributed by atoms with Crippen LogP contribution in [0.15, 0.2) is 29.2 Å². The van der Waals surface area contributed by atoms with Gasteiger partial charge in [0.15, 0.2) is 5.12 Å². The second-order valence-electron chi connectivity index (χ2n) is 3.73. The first kappa shape index (κ1) is 14.6. The van der Waals surface area contributed by atoms with Crippen LogP contribution in [0, 0.1) is 0 Å². The van der Waals surface area contributed by atoms with Crippen molar-refractivity contribution in [3.63, 3.8) is 0 Å². The van der Waals surface area contributed by atoms with Gasteiger partial charge in [0.25, 0.3) is 0 Å². The summed E-state index contributed by atoms with van der Waals surface area (Å²) in [5.41, 5.74) is 0.656. The maximum Gasteiger partial charge on any atom is 0.185 e. The molecule has 17 heavy (non-hydrogen) atoms. The van der Waals surface area contributed by atoms with Crippen LogP contribution in [0.5, 0.6) is 0 Å². The van der Waals surface area contributed by atoms with Crippen LogP contribution in [-0.2, 0) is 4.79 Å². The summed E-state index contributed by atoms with van der Waals surface area (Å²) in [6.07, 6.45) is -1.39. The molecule has 0 saturated carbocycles. The van der Waals surface area contributed by atoms with Crippen LogP contribution >= 0.6 is 24.4 Å². The van der Waals surface area contributed by atoms with Crippen LogP contribution in [0.2, 0.25) is 0 Å². The molecule has 0 aromatic heterocycles. The number of hydrogen-bond donors (Lipinski definition) is 3. The van der Waals surface area contributed by atoms with Gasteiger partial charge in [0.05, 0.1) is 6.10 Å². The molecule has 0 aliphatic rings. The van der Waals surface area contributed by atoms with E-state index in [1.54, 1.807) is 24.3 Å². The monoisotopic (exact) mass is 272 g/mol. The third-order valence-electron chi connectivity index (χ3n) is 2.32. The van der Waals surface area contributed by atoms with E-state index < -0.39 is 12.2 Å². The molecular weight excluding hydrogens is 256 g/mol. The standard InChI is InChI=1S/C12H16O3S2/c1-8(13)17-7-6-11(14)12(15)9-2-4-10(16)5-3-9/h2-5,11-12,14-16H,6-7H2,1H3. The minimum Gasteiger partial charge on any atom is -0.390 e. The highest BCUT2D eigenvalue weighted by Gasteiger charge is 2.18. The van der Waals surface area contributed by atoms with E-state index in [-0.39, 0.29) is 5.12 Å². The molecule has 0 amide bonds. The minimum absolute atomic E-state index is 0.0196. The lowest BCUT2D eigenvalue weighted by atomic mass is 10.0. The summed E-state index contributed by atoms with van der Waals surface area (Å²) in [5, 5.41) is 19.7. The molecule has 0 radical (unpaired) electrons. The number of benzene rings is 1. The molecule has 1 aromatic carbocycles. The largest absolute Gasteiger partial charge is 0.390 e. The van der Waals surface area contributed by atoms with Gasteiger partial charge in [-0.3, -0.25) is 4.79 Å². The molecule has 94 valence electrons. The number of hydrogen-bond acceptors (Lipinski definition) is 5. The van der Waals surface area contributed by atoms with Gasteiger partial charge in [0.1, 0.15) is 6.10 Å². The lowest BCUT2D eigenvalue weighted by Gasteiger charge is -2.17. The van der Waals surface area contributed by atoms with Crippen LogP contribution in [-0.4, -0.2) is 27.2 Å². The number of carbonyl (C=O) groups is 1. The summed E-state index contributed by atoms with van der Waals surface area (Å²) >= 11 is 5.30. The minimum atomic E-state index is -0.920. The van der Waals surface area contributed by atoms with E-state index in [0.29, 0.717) is 17.7 Å². The molecule has 1 aromatic rings. The highest BCUT2D eigenvalue weighted by Crippen LogP contribution is 2.21. The van der Waals surface area contributed by atoms with Crippen molar-refractivity contribution in [1.29, 1.82) is 0 Å². The van der Waals surface area contributed by atoms with Crippen molar-refractivity contribution >= 4 is 29.5 Å². The molecule has 3 nitrogen and oxygen atoms in total. The third-order valence-corrected chi connectivity index (χ3v) is 3.46. The third kappa shape index (κ3) is 5.12. The zero-order valence-corrected chi connectivity index (χ0v) is 11.2. The molecule has 2 N–H and O–H groups in total. The van der Waals surface area contributed by atoms with E-state index in [1.165, 1.54) is 6.92 Å². The molecule has 2 unspecified atom stereocenters. The van der Waals surface area contributed by atoms with E-state index >= 15 is 0 Å². The molecule has 0 aliphatic carbocycles. The Morgan fingerprint density at radius 2 is 1.94 bits per heavy atom. The van der Waals surface area contributed by atoms with Crippen molar-refractivity contribution in [2.75, 3.05) is 5.75 Å². The molecule has 0 fully saturated rings. The Morgan fingerprint density at radius 1 is 1.35 bits per heavy atom. The fraction of sp³-hybridized carbons (Fsp3) is 0.417. The fourth-order valence-corrected chi connectivity index (χ4v) is 2.17. The van der Waals surface area contributed by atoms with Crippen LogP contribution in [0.4, 0.5) is 0 Å². The van der Waals surface area contributed by atoms with Crippen LogP contribution in [0.3, 0.4) is 0 Å². The smallest absolute Gasteiger partial charge is 0.185 e. The highest BCUT2D eigenvalue weighted by atomic mass is 32.2. The summed E-state index contributed by atoms with van der Waals surface area (Å²) in [4.78, 5) is 11.5. The van der Waals surface area contributed by atoms with Gasteiger partial charge >= 0.3 is 0 Å². The number of thioether (sulfide) groups is 1. The second-order valence-corrected chi connectivity index (χ2v) is 5.52. The topological polar surface area (TPSA) is 57.5 Å². The predicted molar refractivity (Wildman–Crippen MR) is 72.4 cm³/mol. The maximum atomic E-state index is 10.7. The number of aliphatic hydroxyl groups excluding tert-OH is 2. The fourth-order valence-electron chi connectivity index (χ4n) is 1.37. The number of thiol groups is 1. The lowest BCUT2D eigenvalue weighted by Crippen LogP contribution is -2.19. The maximum absolute atomic E-state index is 10.7. The Balaban J connectivity index is 2.48. The van der Waals surface area contributed by atoms with E-state index in [4.69, 9.17) is 0 Å². The molecule has 1 rings (SSSR count). The zero-order chi connectivity index (χ0) is 12.8.